The predicted molar refractivity (Wildman–Crippen MR) is 74.7 cm³/mol. The van der Waals surface area contributed by atoms with E-state index in [0.29, 0.717) is 0 Å². The standard InChI is InChI=1S/C15H24N2O/c1-13(18-3)11-17-10-9-16-12-15(17,2)14-7-5-4-6-8-14/h4-8,13,16H,9-12H2,1-3H3. The summed E-state index contributed by atoms with van der Waals surface area (Å²) < 4.78 is 5.42. The fourth-order valence-electron chi connectivity index (χ4n) is 2.66. The van der Waals surface area contributed by atoms with E-state index in [4.69, 9.17) is 4.74 Å². The van der Waals surface area contributed by atoms with Crippen molar-refractivity contribution in [2.24, 2.45) is 0 Å². The minimum Gasteiger partial charge on any atom is -0.380 e. The summed E-state index contributed by atoms with van der Waals surface area (Å²) in [6.07, 6.45) is 0.270. The SMILES string of the molecule is COC(C)CN1CCNCC1(C)c1ccccc1. The molecule has 0 amide bonds. The molecule has 1 N–H and O–H groups in total. The highest BCUT2D eigenvalue weighted by Crippen LogP contribution is 2.29. The molecule has 2 atom stereocenters. The van der Waals surface area contributed by atoms with E-state index in [0.717, 1.165) is 26.2 Å². The largest absolute Gasteiger partial charge is 0.380 e. The first-order valence-corrected chi connectivity index (χ1v) is 6.71. The van der Waals surface area contributed by atoms with Crippen LogP contribution in [0, 0.1) is 0 Å². The fraction of sp³-hybridized carbons (Fsp3) is 0.600. The van der Waals surface area contributed by atoms with E-state index < -0.39 is 0 Å². The minimum absolute atomic E-state index is 0.0618. The van der Waals surface area contributed by atoms with Gasteiger partial charge in [0.05, 0.1) is 11.6 Å². The van der Waals surface area contributed by atoms with Crippen molar-refractivity contribution in [3.63, 3.8) is 0 Å². The lowest BCUT2D eigenvalue weighted by atomic mass is 9.88. The van der Waals surface area contributed by atoms with Gasteiger partial charge >= 0.3 is 0 Å². The summed E-state index contributed by atoms with van der Waals surface area (Å²) in [5.74, 6) is 0. The van der Waals surface area contributed by atoms with Crippen molar-refractivity contribution in [2.75, 3.05) is 33.3 Å². The number of piperazine rings is 1. The maximum atomic E-state index is 5.42. The molecule has 0 aromatic heterocycles. The van der Waals surface area contributed by atoms with Crippen molar-refractivity contribution in [1.29, 1.82) is 0 Å². The molecule has 0 spiro atoms. The van der Waals surface area contributed by atoms with Crippen LogP contribution in [0.15, 0.2) is 30.3 Å². The summed E-state index contributed by atoms with van der Waals surface area (Å²) >= 11 is 0. The molecule has 1 aromatic carbocycles. The van der Waals surface area contributed by atoms with Gasteiger partial charge in [0.25, 0.3) is 0 Å². The van der Waals surface area contributed by atoms with Crippen molar-refractivity contribution in [2.45, 2.75) is 25.5 Å². The Kier molecular flexibility index (Phi) is 4.38. The number of rotatable bonds is 4. The first kappa shape index (κ1) is 13.5. The number of benzene rings is 1. The topological polar surface area (TPSA) is 24.5 Å². The molecule has 1 aromatic rings. The van der Waals surface area contributed by atoms with Crippen molar-refractivity contribution in [3.05, 3.63) is 35.9 Å². The van der Waals surface area contributed by atoms with Gasteiger partial charge in [0.1, 0.15) is 0 Å². The highest BCUT2D eigenvalue weighted by molar-refractivity contribution is 5.25. The summed E-state index contributed by atoms with van der Waals surface area (Å²) in [6.45, 7) is 8.54. The summed E-state index contributed by atoms with van der Waals surface area (Å²) in [6, 6.07) is 10.8. The second kappa shape index (κ2) is 5.83. The zero-order chi connectivity index (χ0) is 13.0. The highest BCUT2D eigenvalue weighted by Gasteiger charge is 2.36. The Labute approximate surface area is 110 Å². The van der Waals surface area contributed by atoms with E-state index in [-0.39, 0.29) is 11.6 Å². The monoisotopic (exact) mass is 248 g/mol. The van der Waals surface area contributed by atoms with Crippen LogP contribution in [0.25, 0.3) is 0 Å². The van der Waals surface area contributed by atoms with E-state index in [1.165, 1.54) is 5.56 Å². The zero-order valence-electron chi connectivity index (χ0n) is 11.6. The van der Waals surface area contributed by atoms with Crippen molar-refractivity contribution >= 4 is 0 Å². The van der Waals surface area contributed by atoms with E-state index in [2.05, 4.69) is 54.4 Å². The Hall–Kier alpha value is -0.900. The maximum Gasteiger partial charge on any atom is 0.0670 e. The van der Waals surface area contributed by atoms with Gasteiger partial charge in [-0.1, -0.05) is 30.3 Å². The first-order chi connectivity index (χ1) is 8.66. The number of methoxy groups -OCH3 is 1. The third-order valence-electron chi connectivity index (χ3n) is 4.00. The van der Waals surface area contributed by atoms with Crippen molar-refractivity contribution < 1.29 is 4.74 Å². The molecule has 1 heterocycles. The molecule has 0 aliphatic carbocycles. The highest BCUT2D eigenvalue weighted by atomic mass is 16.5. The quantitative estimate of drug-likeness (QED) is 0.880. The van der Waals surface area contributed by atoms with Gasteiger partial charge in [0.2, 0.25) is 0 Å². The van der Waals surface area contributed by atoms with Crippen LogP contribution in [0.4, 0.5) is 0 Å². The molecule has 0 saturated carbocycles. The molecule has 100 valence electrons. The van der Waals surface area contributed by atoms with Gasteiger partial charge in [0, 0.05) is 33.3 Å². The minimum atomic E-state index is 0.0618. The number of ether oxygens (including phenoxy) is 1. The second-order valence-corrected chi connectivity index (χ2v) is 5.31. The van der Waals surface area contributed by atoms with Crippen LogP contribution in [-0.2, 0) is 10.3 Å². The lowest BCUT2D eigenvalue weighted by Gasteiger charge is -2.46. The fourth-order valence-corrected chi connectivity index (χ4v) is 2.66. The molecular weight excluding hydrogens is 224 g/mol. The van der Waals surface area contributed by atoms with Gasteiger partial charge in [-0.3, -0.25) is 4.90 Å². The maximum absolute atomic E-state index is 5.42. The van der Waals surface area contributed by atoms with Crippen molar-refractivity contribution in [1.82, 2.24) is 10.2 Å². The van der Waals surface area contributed by atoms with Gasteiger partial charge in [-0.05, 0) is 19.4 Å². The molecule has 2 unspecified atom stereocenters. The normalized spacial score (nSPS) is 27.1. The third kappa shape index (κ3) is 2.74. The number of hydrogen-bond donors (Lipinski definition) is 1. The van der Waals surface area contributed by atoms with Crippen LogP contribution in [-0.4, -0.2) is 44.3 Å². The molecule has 18 heavy (non-hydrogen) atoms. The molecule has 1 saturated heterocycles. The summed E-state index contributed by atoms with van der Waals surface area (Å²) in [5, 5.41) is 3.51. The molecule has 0 radical (unpaired) electrons. The number of hydrogen-bond acceptors (Lipinski definition) is 3. The number of nitrogens with zero attached hydrogens (tertiary/aromatic N) is 1. The lowest BCUT2D eigenvalue weighted by molar-refractivity contribution is 0.0108. The van der Waals surface area contributed by atoms with E-state index in [9.17, 15) is 0 Å². The smallest absolute Gasteiger partial charge is 0.0670 e. The zero-order valence-corrected chi connectivity index (χ0v) is 11.6. The molecule has 2 rings (SSSR count). The Morgan fingerprint density at radius 1 is 1.39 bits per heavy atom. The Balaban J connectivity index is 2.21. The van der Waals surface area contributed by atoms with E-state index in [1.54, 1.807) is 7.11 Å². The Morgan fingerprint density at radius 3 is 2.78 bits per heavy atom. The van der Waals surface area contributed by atoms with Gasteiger partial charge < -0.3 is 10.1 Å². The molecule has 0 bridgehead atoms. The molecule has 1 fully saturated rings. The van der Waals surface area contributed by atoms with Crippen molar-refractivity contribution in [3.8, 4) is 0 Å². The molecule has 1 aliphatic rings. The molecular formula is C15H24N2O. The van der Waals surface area contributed by atoms with Gasteiger partial charge in [0.15, 0.2) is 0 Å². The van der Waals surface area contributed by atoms with E-state index in [1.807, 2.05) is 0 Å². The van der Waals surface area contributed by atoms with E-state index >= 15 is 0 Å². The molecule has 3 heteroatoms. The molecule has 1 aliphatic heterocycles. The molecule has 3 nitrogen and oxygen atoms in total. The summed E-state index contributed by atoms with van der Waals surface area (Å²) in [5.41, 5.74) is 1.44. The summed E-state index contributed by atoms with van der Waals surface area (Å²) in [4.78, 5) is 2.53. The van der Waals surface area contributed by atoms with Crippen LogP contribution < -0.4 is 5.32 Å². The third-order valence-corrected chi connectivity index (χ3v) is 4.00. The lowest BCUT2D eigenvalue weighted by Crippen LogP contribution is -2.58. The average Bonchev–Trinajstić information content (AvgIpc) is 2.42. The number of nitrogens with one attached hydrogen (secondary N) is 1. The first-order valence-electron chi connectivity index (χ1n) is 6.71. The van der Waals surface area contributed by atoms with Crippen LogP contribution in [0.2, 0.25) is 0 Å². The Morgan fingerprint density at radius 2 is 2.11 bits per heavy atom. The summed E-state index contributed by atoms with van der Waals surface area (Å²) in [7, 11) is 1.78. The average molecular weight is 248 g/mol. The van der Waals surface area contributed by atoms with Crippen LogP contribution in [0.1, 0.15) is 19.4 Å². The van der Waals surface area contributed by atoms with Gasteiger partial charge in [-0.15, -0.1) is 0 Å². The predicted octanol–water partition coefficient (Wildman–Crippen LogP) is 1.84. The van der Waals surface area contributed by atoms with Gasteiger partial charge in [-0.2, -0.15) is 0 Å². The van der Waals surface area contributed by atoms with Crippen LogP contribution >= 0.6 is 0 Å². The second-order valence-electron chi connectivity index (χ2n) is 5.31. The Bertz CT molecular complexity index is 368. The van der Waals surface area contributed by atoms with Gasteiger partial charge in [-0.25, -0.2) is 0 Å². The van der Waals surface area contributed by atoms with Crippen LogP contribution in [0.3, 0.4) is 0 Å². The van der Waals surface area contributed by atoms with Crippen LogP contribution in [0.5, 0.6) is 0 Å².